The van der Waals surface area contributed by atoms with Crippen LogP contribution in [0.15, 0.2) is 24.3 Å². The van der Waals surface area contributed by atoms with E-state index in [0.717, 1.165) is 41.5 Å². The Kier molecular flexibility index (Phi) is 3.48. The minimum atomic E-state index is -0.459. The summed E-state index contributed by atoms with van der Waals surface area (Å²) >= 11 is 0. The van der Waals surface area contributed by atoms with Gasteiger partial charge in [-0.3, -0.25) is 4.98 Å². The van der Waals surface area contributed by atoms with Crippen molar-refractivity contribution in [3.05, 3.63) is 41.1 Å². The van der Waals surface area contributed by atoms with Gasteiger partial charge in [-0.15, -0.1) is 0 Å². The molecule has 0 saturated carbocycles. The van der Waals surface area contributed by atoms with Crippen molar-refractivity contribution in [1.82, 2.24) is 9.88 Å². The van der Waals surface area contributed by atoms with Gasteiger partial charge in [-0.1, -0.05) is 17.7 Å². The van der Waals surface area contributed by atoms with Crippen molar-refractivity contribution in [1.29, 1.82) is 0 Å². The maximum Gasteiger partial charge on any atom is 0.0966 e. The average Bonchev–Trinajstić information content (AvgIpc) is 2.84. The monoisotopic (exact) mass is 270 g/mol. The number of aliphatic hydroxyl groups is 1. The third-order valence-corrected chi connectivity index (χ3v) is 4.37. The molecule has 0 aliphatic carbocycles. The molecule has 0 spiro atoms. The Labute approximate surface area is 120 Å². The number of aromatic nitrogens is 1. The van der Waals surface area contributed by atoms with Gasteiger partial charge in [0, 0.05) is 22.7 Å². The molecule has 2 heterocycles. The first-order chi connectivity index (χ1) is 9.56. The Morgan fingerprint density at radius 3 is 2.80 bits per heavy atom. The van der Waals surface area contributed by atoms with E-state index in [0.29, 0.717) is 0 Å². The topological polar surface area (TPSA) is 36.4 Å². The van der Waals surface area contributed by atoms with E-state index in [2.05, 4.69) is 42.1 Å². The lowest BCUT2D eigenvalue weighted by Crippen LogP contribution is -2.31. The predicted octanol–water partition coefficient (Wildman–Crippen LogP) is 2.98. The van der Waals surface area contributed by atoms with Crippen molar-refractivity contribution in [2.75, 3.05) is 13.6 Å². The lowest BCUT2D eigenvalue weighted by atomic mass is 9.95. The number of benzene rings is 1. The number of aliphatic hydroxyl groups excluding tert-OH is 1. The third-order valence-electron chi connectivity index (χ3n) is 4.37. The van der Waals surface area contributed by atoms with Crippen molar-refractivity contribution in [3.63, 3.8) is 0 Å². The molecule has 2 aromatic rings. The zero-order chi connectivity index (χ0) is 14.3. The molecule has 0 radical (unpaired) electrons. The van der Waals surface area contributed by atoms with Gasteiger partial charge in [-0.25, -0.2) is 0 Å². The zero-order valence-corrected chi connectivity index (χ0v) is 12.4. The smallest absolute Gasteiger partial charge is 0.0966 e. The number of nitrogens with zero attached hydrogens (tertiary/aromatic N) is 2. The van der Waals surface area contributed by atoms with E-state index in [-0.39, 0.29) is 6.04 Å². The molecule has 2 atom stereocenters. The van der Waals surface area contributed by atoms with Crippen LogP contribution in [0.4, 0.5) is 0 Å². The maximum atomic E-state index is 10.8. The van der Waals surface area contributed by atoms with Crippen LogP contribution in [0, 0.1) is 13.8 Å². The van der Waals surface area contributed by atoms with Crippen LogP contribution in [0.25, 0.3) is 10.9 Å². The van der Waals surface area contributed by atoms with Crippen molar-refractivity contribution < 1.29 is 5.11 Å². The number of likely N-dealkylation sites (N-methyl/N-ethyl adjacent to an activating group) is 1. The SMILES string of the molecule is Cc1cc(C(O)C2CCCN2C)c2nc(C)ccc2c1. The lowest BCUT2D eigenvalue weighted by Gasteiger charge is -2.26. The molecule has 20 heavy (non-hydrogen) atoms. The van der Waals surface area contributed by atoms with Crippen LogP contribution in [-0.4, -0.2) is 34.6 Å². The number of aryl methyl sites for hydroxylation is 2. The van der Waals surface area contributed by atoms with Crippen LogP contribution in [0.2, 0.25) is 0 Å². The fourth-order valence-electron chi connectivity index (χ4n) is 3.28. The molecule has 3 heteroatoms. The molecule has 1 aliphatic rings. The minimum absolute atomic E-state index is 0.210. The van der Waals surface area contributed by atoms with Crippen molar-refractivity contribution in [3.8, 4) is 0 Å². The van der Waals surface area contributed by atoms with E-state index < -0.39 is 6.10 Å². The van der Waals surface area contributed by atoms with Crippen LogP contribution >= 0.6 is 0 Å². The molecule has 106 valence electrons. The summed E-state index contributed by atoms with van der Waals surface area (Å²) in [6.07, 6.45) is 1.76. The van der Waals surface area contributed by atoms with Crippen LogP contribution in [0.3, 0.4) is 0 Å². The van der Waals surface area contributed by atoms with E-state index >= 15 is 0 Å². The van der Waals surface area contributed by atoms with Crippen molar-refractivity contribution in [2.24, 2.45) is 0 Å². The molecule has 1 aromatic heterocycles. The van der Waals surface area contributed by atoms with Gasteiger partial charge < -0.3 is 10.0 Å². The van der Waals surface area contributed by atoms with Crippen molar-refractivity contribution >= 4 is 10.9 Å². The molecule has 1 fully saturated rings. The number of hydrogen-bond donors (Lipinski definition) is 1. The number of pyridine rings is 1. The summed E-state index contributed by atoms with van der Waals surface area (Å²) in [4.78, 5) is 6.91. The van der Waals surface area contributed by atoms with E-state index in [1.165, 1.54) is 5.56 Å². The lowest BCUT2D eigenvalue weighted by molar-refractivity contribution is 0.0867. The molecule has 0 bridgehead atoms. The molecule has 1 saturated heterocycles. The Morgan fingerprint density at radius 2 is 2.10 bits per heavy atom. The summed E-state index contributed by atoms with van der Waals surface area (Å²) in [7, 11) is 2.09. The molecule has 1 aliphatic heterocycles. The van der Waals surface area contributed by atoms with Gasteiger partial charge in [0.25, 0.3) is 0 Å². The van der Waals surface area contributed by atoms with E-state index in [1.54, 1.807) is 0 Å². The Morgan fingerprint density at radius 1 is 1.30 bits per heavy atom. The number of fused-ring (bicyclic) bond motifs is 1. The largest absolute Gasteiger partial charge is 0.387 e. The molecular formula is C17H22N2O. The molecule has 1 aromatic carbocycles. The zero-order valence-electron chi connectivity index (χ0n) is 12.4. The normalized spacial score (nSPS) is 21.5. The van der Waals surface area contributed by atoms with Crippen molar-refractivity contribution in [2.45, 2.75) is 38.8 Å². The third kappa shape index (κ3) is 2.32. The van der Waals surface area contributed by atoms with Gasteiger partial charge in [-0.2, -0.15) is 0 Å². The first-order valence-corrected chi connectivity index (χ1v) is 7.32. The predicted molar refractivity (Wildman–Crippen MR) is 81.8 cm³/mol. The fourth-order valence-corrected chi connectivity index (χ4v) is 3.28. The van der Waals surface area contributed by atoms with Crippen LogP contribution in [0.1, 0.15) is 35.8 Å². The standard InChI is InChI=1S/C17H22N2O/c1-11-9-13-7-6-12(2)18-16(13)14(10-11)17(20)15-5-4-8-19(15)3/h6-7,9-10,15,17,20H,4-5,8H2,1-3H3. The quantitative estimate of drug-likeness (QED) is 0.911. The van der Waals surface area contributed by atoms with Gasteiger partial charge in [0.2, 0.25) is 0 Å². The highest BCUT2D eigenvalue weighted by atomic mass is 16.3. The fraction of sp³-hybridized carbons (Fsp3) is 0.471. The van der Waals surface area contributed by atoms with Gasteiger partial charge >= 0.3 is 0 Å². The van der Waals surface area contributed by atoms with E-state index in [9.17, 15) is 5.11 Å². The minimum Gasteiger partial charge on any atom is -0.387 e. The number of rotatable bonds is 2. The highest BCUT2D eigenvalue weighted by Crippen LogP contribution is 2.32. The molecule has 0 amide bonds. The van der Waals surface area contributed by atoms with Crippen LogP contribution in [0.5, 0.6) is 0 Å². The second-order valence-electron chi connectivity index (χ2n) is 6.01. The summed E-state index contributed by atoms with van der Waals surface area (Å²) in [5.41, 5.74) is 4.10. The Hall–Kier alpha value is -1.45. The van der Waals surface area contributed by atoms with Crippen LogP contribution < -0.4 is 0 Å². The first-order valence-electron chi connectivity index (χ1n) is 7.32. The molecular weight excluding hydrogens is 248 g/mol. The Balaban J connectivity index is 2.11. The van der Waals surface area contributed by atoms with Crippen LogP contribution in [-0.2, 0) is 0 Å². The number of hydrogen-bond acceptors (Lipinski definition) is 3. The summed E-state index contributed by atoms with van der Waals surface area (Å²) < 4.78 is 0. The molecule has 1 N–H and O–H groups in total. The molecule has 3 nitrogen and oxygen atoms in total. The maximum absolute atomic E-state index is 10.8. The van der Waals surface area contributed by atoms with E-state index in [4.69, 9.17) is 0 Å². The van der Waals surface area contributed by atoms with E-state index in [1.807, 2.05) is 13.0 Å². The first kappa shape index (κ1) is 13.5. The second-order valence-corrected chi connectivity index (χ2v) is 6.01. The second kappa shape index (κ2) is 5.15. The highest BCUT2D eigenvalue weighted by Gasteiger charge is 2.30. The molecule has 2 unspecified atom stereocenters. The van der Waals surface area contributed by atoms with Gasteiger partial charge in [0.05, 0.1) is 11.6 Å². The summed E-state index contributed by atoms with van der Waals surface area (Å²) in [5.74, 6) is 0. The summed E-state index contributed by atoms with van der Waals surface area (Å²) in [6.45, 7) is 5.14. The highest BCUT2D eigenvalue weighted by molar-refractivity contribution is 5.83. The van der Waals surface area contributed by atoms with Gasteiger partial charge in [-0.05, 0) is 52.4 Å². The summed E-state index contributed by atoms with van der Waals surface area (Å²) in [6, 6.07) is 8.56. The summed E-state index contributed by atoms with van der Waals surface area (Å²) in [5, 5.41) is 11.9. The number of likely N-dealkylation sites (tertiary alicyclic amines) is 1. The average molecular weight is 270 g/mol. The van der Waals surface area contributed by atoms with Gasteiger partial charge in [0.1, 0.15) is 0 Å². The Bertz CT molecular complexity index is 638. The van der Waals surface area contributed by atoms with Gasteiger partial charge in [0.15, 0.2) is 0 Å². The molecule has 3 rings (SSSR count).